The molecule has 0 spiro atoms. The summed E-state index contributed by atoms with van der Waals surface area (Å²) in [6, 6.07) is 6.76. The second-order valence-corrected chi connectivity index (χ2v) is 5.76. The fraction of sp³-hybridized carbons (Fsp3) is 0.400. The minimum atomic E-state index is -3.45. The summed E-state index contributed by atoms with van der Waals surface area (Å²) in [7, 11) is -3.45. The normalized spacial score (nSPS) is 13.7. The van der Waals surface area contributed by atoms with E-state index in [-0.39, 0.29) is 12.3 Å². The van der Waals surface area contributed by atoms with E-state index in [1.165, 1.54) is 6.92 Å². The van der Waals surface area contributed by atoms with Crippen LogP contribution in [0.25, 0.3) is 0 Å². The summed E-state index contributed by atoms with van der Waals surface area (Å²) in [6.45, 7) is 1.52. The molecule has 0 bridgehead atoms. The zero-order valence-corrected chi connectivity index (χ0v) is 10.4. The maximum Gasteiger partial charge on any atom is 0.215 e. The Balaban J connectivity index is 2.70. The lowest BCUT2D eigenvalue weighted by atomic mass is 10.2. The molecule has 0 fully saturated rings. The molecule has 2 N–H and O–H groups in total. The standard InChI is InChI=1S/C10H14ClNO3S/c1-8(13)6-12-16(14,15)7-9-4-2-3-5-10(9)11/h2-5,8,12-13H,6-7H2,1H3/t8-/m1/s1. The van der Waals surface area contributed by atoms with Crippen LogP contribution in [-0.2, 0) is 15.8 Å². The quantitative estimate of drug-likeness (QED) is 0.837. The lowest BCUT2D eigenvalue weighted by Crippen LogP contribution is -2.31. The van der Waals surface area contributed by atoms with E-state index in [4.69, 9.17) is 16.7 Å². The van der Waals surface area contributed by atoms with Crippen LogP contribution in [0, 0.1) is 0 Å². The molecule has 1 aromatic rings. The topological polar surface area (TPSA) is 66.4 Å². The Hall–Kier alpha value is -0.620. The molecule has 0 aromatic heterocycles. The Labute approximate surface area is 100 Å². The molecule has 0 heterocycles. The fourth-order valence-electron chi connectivity index (χ4n) is 1.12. The van der Waals surface area contributed by atoms with Gasteiger partial charge in [-0.3, -0.25) is 0 Å². The molecule has 90 valence electrons. The molecule has 0 saturated heterocycles. The maximum absolute atomic E-state index is 11.6. The first-order valence-electron chi connectivity index (χ1n) is 4.79. The number of hydrogen-bond acceptors (Lipinski definition) is 3. The van der Waals surface area contributed by atoms with E-state index < -0.39 is 16.1 Å². The predicted octanol–water partition coefficient (Wildman–Crippen LogP) is 1.14. The summed E-state index contributed by atoms with van der Waals surface area (Å²) in [5.41, 5.74) is 0.544. The minimum Gasteiger partial charge on any atom is -0.392 e. The minimum absolute atomic E-state index is 0.00673. The van der Waals surface area contributed by atoms with Crippen molar-refractivity contribution in [2.75, 3.05) is 6.54 Å². The van der Waals surface area contributed by atoms with Crippen molar-refractivity contribution in [1.29, 1.82) is 0 Å². The smallest absolute Gasteiger partial charge is 0.215 e. The van der Waals surface area contributed by atoms with Crippen molar-refractivity contribution in [3.05, 3.63) is 34.9 Å². The Morgan fingerprint density at radius 2 is 2.06 bits per heavy atom. The molecular formula is C10H14ClNO3S. The van der Waals surface area contributed by atoms with Crippen LogP contribution in [0.15, 0.2) is 24.3 Å². The van der Waals surface area contributed by atoms with Gasteiger partial charge in [-0.15, -0.1) is 0 Å². The van der Waals surface area contributed by atoms with Gasteiger partial charge < -0.3 is 5.11 Å². The number of nitrogens with one attached hydrogen (secondary N) is 1. The molecule has 0 amide bonds. The maximum atomic E-state index is 11.6. The van der Waals surface area contributed by atoms with E-state index >= 15 is 0 Å². The van der Waals surface area contributed by atoms with E-state index in [2.05, 4.69) is 4.72 Å². The highest BCUT2D eigenvalue weighted by molar-refractivity contribution is 7.88. The number of benzene rings is 1. The molecule has 0 saturated carbocycles. The van der Waals surface area contributed by atoms with Crippen LogP contribution in [-0.4, -0.2) is 26.2 Å². The second-order valence-electron chi connectivity index (χ2n) is 3.55. The molecule has 1 atom stereocenters. The van der Waals surface area contributed by atoms with E-state index in [1.807, 2.05) is 0 Å². The van der Waals surface area contributed by atoms with Gasteiger partial charge in [0.1, 0.15) is 0 Å². The van der Waals surface area contributed by atoms with Gasteiger partial charge in [0.05, 0.1) is 11.9 Å². The lowest BCUT2D eigenvalue weighted by Gasteiger charge is -2.09. The Morgan fingerprint density at radius 3 is 2.62 bits per heavy atom. The molecule has 0 radical (unpaired) electrons. The van der Waals surface area contributed by atoms with Crippen molar-refractivity contribution in [2.45, 2.75) is 18.8 Å². The first-order valence-corrected chi connectivity index (χ1v) is 6.82. The summed E-state index contributed by atoms with van der Waals surface area (Å²) in [6.07, 6.45) is -0.707. The van der Waals surface area contributed by atoms with Gasteiger partial charge in [0.15, 0.2) is 0 Å². The zero-order valence-electron chi connectivity index (χ0n) is 8.85. The molecule has 0 unspecified atom stereocenters. The number of aliphatic hydroxyl groups is 1. The van der Waals surface area contributed by atoms with E-state index in [0.29, 0.717) is 10.6 Å². The van der Waals surface area contributed by atoms with Crippen molar-refractivity contribution >= 4 is 21.6 Å². The first kappa shape index (κ1) is 13.4. The summed E-state index contributed by atoms with van der Waals surface area (Å²) in [5.74, 6) is -0.181. The second kappa shape index (κ2) is 5.63. The molecule has 4 nitrogen and oxygen atoms in total. The number of hydrogen-bond donors (Lipinski definition) is 2. The van der Waals surface area contributed by atoms with Crippen molar-refractivity contribution in [2.24, 2.45) is 0 Å². The third kappa shape index (κ3) is 4.49. The number of sulfonamides is 1. The third-order valence-electron chi connectivity index (χ3n) is 1.90. The van der Waals surface area contributed by atoms with Gasteiger partial charge >= 0.3 is 0 Å². The number of rotatable bonds is 5. The molecule has 0 aliphatic rings. The van der Waals surface area contributed by atoms with Crippen LogP contribution in [0.3, 0.4) is 0 Å². The van der Waals surface area contributed by atoms with Crippen LogP contribution in [0.2, 0.25) is 5.02 Å². The third-order valence-corrected chi connectivity index (χ3v) is 3.57. The molecule has 6 heteroatoms. The van der Waals surface area contributed by atoms with E-state index in [9.17, 15) is 8.42 Å². The van der Waals surface area contributed by atoms with Crippen LogP contribution in [0.1, 0.15) is 12.5 Å². The monoisotopic (exact) mass is 263 g/mol. The average molecular weight is 264 g/mol. The van der Waals surface area contributed by atoms with Gasteiger partial charge in [-0.05, 0) is 18.6 Å². The van der Waals surface area contributed by atoms with Crippen molar-refractivity contribution < 1.29 is 13.5 Å². The van der Waals surface area contributed by atoms with Gasteiger partial charge in [0.25, 0.3) is 0 Å². The molecule has 1 rings (SSSR count). The van der Waals surface area contributed by atoms with Gasteiger partial charge in [-0.1, -0.05) is 29.8 Å². The zero-order chi connectivity index (χ0) is 12.2. The van der Waals surface area contributed by atoms with Gasteiger partial charge in [0.2, 0.25) is 10.0 Å². The summed E-state index contributed by atoms with van der Waals surface area (Å²) >= 11 is 5.85. The molecule has 1 aromatic carbocycles. The summed E-state index contributed by atoms with van der Waals surface area (Å²) in [5, 5.41) is 9.40. The largest absolute Gasteiger partial charge is 0.392 e. The highest BCUT2D eigenvalue weighted by Gasteiger charge is 2.13. The van der Waals surface area contributed by atoms with Crippen molar-refractivity contribution in [3.8, 4) is 0 Å². The molecular weight excluding hydrogens is 250 g/mol. The van der Waals surface area contributed by atoms with Gasteiger partial charge in [-0.2, -0.15) is 0 Å². The Bertz CT molecular complexity index is 445. The van der Waals surface area contributed by atoms with E-state index in [0.717, 1.165) is 0 Å². The predicted molar refractivity (Wildman–Crippen MR) is 63.8 cm³/mol. The van der Waals surface area contributed by atoms with Gasteiger partial charge in [0, 0.05) is 11.6 Å². The highest BCUT2D eigenvalue weighted by atomic mass is 35.5. The first-order chi connectivity index (χ1) is 7.41. The van der Waals surface area contributed by atoms with Crippen LogP contribution < -0.4 is 4.72 Å². The fourth-order valence-corrected chi connectivity index (χ4v) is 2.66. The Kier molecular flexibility index (Phi) is 4.73. The molecule has 16 heavy (non-hydrogen) atoms. The van der Waals surface area contributed by atoms with Crippen molar-refractivity contribution in [1.82, 2.24) is 4.72 Å². The Morgan fingerprint density at radius 1 is 1.44 bits per heavy atom. The van der Waals surface area contributed by atoms with Crippen LogP contribution in [0.5, 0.6) is 0 Å². The summed E-state index contributed by atoms with van der Waals surface area (Å²) < 4.78 is 25.4. The lowest BCUT2D eigenvalue weighted by molar-refractivity contribution is 0.198. The van der Waals surface area contributed by atoms with Gasteiger partial charge in [-0.25, -0.2) is 13.1 Å². The van der Waals surface area contributed by atoms with Crippen LogP contribution >= 0.6 is 11.6 Å². The SMILES string of the molecule is C[C@@H](O)CNS(=O)(=O)Cc1ccccc1Cl. The van der Waals surface area contributed by atoms with E-state index in [1.54, 1.807) is 24.3 Å². The number of aliphatic hydroxyl groups excluding tert-OH is 1. The number of halogens is 1. The molecule has 0 aliphatic carbocycles. The highest BCUT2D eigenvalue weighted by Crippen LogP contribution is 2.16. The average Bonchev–Trinajstić information content (AvgIpc) is 2.19. The van der Waals surface area contributed by atoms with Crippen LogP contribution in [0.4, 0.5) is 0 Å². The summed E-state index contributed by atoms with van der Waals surface area (Å²) in [4.78, 5) is 0. The molecule has 0 aliphatic heterocycles. The van der Waals surface area contributed by atoms with Crippen molar-refractivity contribution in [3.63, 3.8) is 0 Å².